The summed E-state index contributed by atoms with van der Waals surface area (Å²) in [6.45, 7) is 6.34. The van der Waals surface area contributed by atoms with Crippen molar-refractivity contribution in [1.82, 2.24) is 10.2 Å². The minimum Gasteiger partial charge on any atom is -0.340 e. The van der Waals surface area contributed by atoms with Crippen LogP contribution >= 0.6 is 11.8 Å². The molecule has 0 radical (unpaired) electrons. The van der Waals surface area contributed by atoms with E-state index in [-0.39, 0.29) is 17.9 Å². The Kier molecular flexibility index (Phi) is 4.86. The number of carbonyl (C=O) groups is 2. The summed E-state index contributed by atoms with van der Waals surface area (Å²) in [4.78, 5) is 26.1. The minimum absolute atomic E-state index is 0.0330. The molecule has 0 saturated carbocycles. The maximum absolute atomic E-state index is 12.5. The third kappa shape index (κ3) is 2.59. The Hall–Kier alpha value is -0.710. The molecule has 2 amide bonds. The molecule has 1 aliphatic rings. The van der Waals surface area contributed by atoms with Crippen LogP contribution in [0.2, 0.25) is 0 Å². The van der Waals surface area contributed by atoms with Crippen LogP contribution in [0, 0.1) is 0 Å². The summed E-state index contributed by atoms with van der Waals surface area (Å²) >= 11 is 1.69. The highest BCUT2D eigenvalue weighted by Gasteiger charge is 2.46. The first-order chi connectivity index (χ1) is 8.02. The van der Waals surface area contributed by atoms with Crippen LogP contribution in [-0.4, -0.2) is 46.8 Å². The molecule has 1 atom stereocenters. The number of thioether (sulfide) groups is 1. The van der Waals surface area contributed by atoms with E-state index in [1.807, 2.05) is 20.1 Å². The molecule has 0 aromatic heterocycles. The van der Waals surface area contributed by atoms with Crippen molar-refractivity contribution in [2.24, 2.45) is 0 Å². The van der Waals surface area contributed by atoms with Crippen molar-refractivity contribution in [2.75, 3.05) is 18.6 Å². The summed E-state index contributed by atoms with van der Waals surface area (Å²) in [6, 6.07) is -0.346. The van der Waals surface area contributed by atoms with E-state index in [1.165, 1.54) is 0 Å². The van der Waals surface area contributed by atoms with Gasteiger partial charge in [0.15, 0.2) is 0 Å². The zero-order valence-corrected chi connectivity index (χ0v) is 11.9. The normalized spacial score (nSPS) is 23.8. The predicted octanol–water partition coefficient (Wildman–Crippen LogP) is 1.26. The second-order valence-electron chi connectivity index (χ2n) is 4.45. The number of amides is 2. The smallest absolute Gasteiger partial charge is 0.249 e. The molecule has 17 heavy (non-hydrogen) atoms. The highest BCUT2D eigenvalue weighted by atomic mass is 32.2. The van der Waals surface area contributed by atoms with Crippen LogP contribution in [0.15, 0.2) is 0 Å². The standard InChI is InChI=1S/C12H22N2O2S/c1-5-12(6-2)11(16)14(7-8-17-4)9(3)10(15)13-12/h9H,5-8H2,1-4H3,(H,13,15). The topological polar surface area (TPSA) is 49.4 Å². The maximum atomic E-state index is 12.5. The molecule has 0 aromatic rings. The Morgan fingerprint density at radius 1 is 1.35 bits per heavy atom. The molecule has 1 fully saturated rings. The van der Waals surface area contributed by atoms with Crippen molar-refractivity contribution >= 4 is 23.6 Å². The molecule has 1 saturated heterocycles. The van der Waals surface area contributed by atoms with Gasteiger partial charge in [0.2, 0.25) is 11.8 Å². The largest absolute Gasteiger partial charge is 0.340 e. The monoisotopic (exact) mass is 258 g/mol. The second kappa shape index (κ2) is 5.76. The van der Waals surface area contributed by atoms with E-state index < -0.39 is 5.54 Å². The van der Waals surface area contributed by atoms with Crippen molar-refractivity contribution in [2.45, 2.75) is 45.2 Å². The molecule has 0 aliphatic carbocycles. The molecule has 1 heterocycles. The summed E-state index contributed by atoms with van der Waals surface area (Å²) in [6.07, 6.45) is 3.30. The number of piperazine rings is 1. The van der Waals surface area contributed by atoms with Crippen LogP contribution in [0.25, 0.3) is 0 Å². The van der Waals surface area contributed by atoms with Crippen molar-refractivity contribution in [3.05, 3.63) is 0 Å². The van der Waals surface area contributed by atoms with E-state index in [4.69, 9.17) is 0 Å². The fourth-order valence-corrected chi connectivity index (χ4v) is 2.58. The van der Waals surface area contributed by atoms with Gasteiger partial charge in [-0.1, -0.05) is 13.8 Å². The number of rotatable bonds is 5. The van der Waals surface area contributed by atoms with Gasteiger partial charge in [0, 0.05) is 12.3 Å². The number of carbonyl (C=O) groups excluding carboxylic acids is 2. The van der Waals surface area contributed by atoms with Crippen molar-refractivity contribution < 1.29 is 9.59 Å². The molecule has 0 spiro atoms. The Labute approximate surface area is 108 Å². The van der Waals surface area contributed by atoms with E-state index in [1.54, 1.807) is 23.6 Å². The number of hydrogen-bond acceptors (Lipinski definition) is 3. The van der Waals surface area contributed by atoms with Crippen LogP contribution in [0.4, 0.5) is 0 Å². The third-order valence-electron chi connectivity index (χ3n) is 3.62. The van der Waals surface area contributed by atoms with Gasteiger partial charge in [-0.05, 0) is 26.0 Å². The quantitative estimate of drug-likeness (QED) is 0.807. The summed E-state index contributed by atoms with van der Waals surface area (Å²) in [5.74, 6) is 0.908. The van der Waals surface area contributed by atoms with Crippen molar-refractivity contribution in [3.8, 4) is 0 Å². The fourth-order valence-electron chi connectivity index (χ4n) is 2.20. The molecule has 1 N–H and O–H groups in total. The molecule has 1 unspecified atom stereocenters. The summed E-state index contributed by atoms with van der Waals surface area (Å²) < 4.78 is 0. The van der Waals surface area contributed by atoms with Gasteiger partial charge in [-0.2, -0.15) is 11.8 Å². The molecule has 4 nitrogen and oxygen atoms in total. The van der Waals surface area contributed by atoms with E-state index in [9.17, 15) is 9.59 Å². The number of nitrogens with one attached hydrogen (secondary N) is 1. The first kappa shape index (κ1) is 14.4. The second-order valence-corrected chi connectivity index (χ2v) is 5.43. The lowest BCUT2D eigenvalue weighted by Gasteiger charge is -2.44. The maximum Gasteiger partial charge on any atom is 0.249 e. The van der Waals surface area contributed by atoms with Crippen LogP contribution in [-0.2, 0) is 9.59 Å². The molecule has 98 valence electrons. The molecular weight excluding hydrogens is 236 g/mol. The average molecular weight is 258 g/mol. The van der Waals surface area contributed by atoms with Gasteiger partial charge in [0.05, 0.1) is 0 Å². The van der Waals surface area contributed by atoms with Gasteiger partial charge in [-0.15, -0.1) is 0 Å². The van der Waals surface area contributed by atoms with E-state index in [0.29, 0.717) is 19.4 Å². The van der Waals surface area contributed by atoms with Crippen LogP contribution in [0.3, 0.4) is 0 Å². The minimum atomic E-state index is -0.679. The summed E-state index contributed by atoms with van der Waals surface area (Å²) in [5.41, 5.74) is -0.679. The molecule has 1 rings (SSSR count). The highest BCUT2D eigenvalue weighted by Crippen LogP contribution is 2.24. The molecule has 0 aromatic carbocycles. The lowest BCUT2D eigenvalue weighted by molar-refractivity contribution is -0.154. The average Bonchev–Trinajstić information content (AvgIpc) is 2.34. The summed E-state index contributed by atoms with van der Waals surface area (Å²) in [5, 5.41) is 2.90. The zero-order chi connectivity index (χ0) is 13.1. The Morgan fingerprint density at radius 2 is 1.94 bits per heavy atom. The fraction of sp³-hybridized carbons (Fsp3) is 0.833. The third-order valence-corrected chi connectivity index (χ3v) is 4.21. The van der Waals surface area contributed by atoms with E-state index >= 15 is 0 Å². The summed E-state index contributed by atoms with van der Waals surface area (Å²) in [7, 11) is 0. The molecule has 5 heteroatoms. The Balaban J connectivity index is 2.94. The van der Waals surface area contributed by atoms with Gasteiger partial charge >= 0.3 is 0 Å². The molecule has 0 bridgehead atoms. The number of nitrogens with zero attached hydrogens (tertiary/aromatic N) is 1. The van der Waals surface area contributed by atoms with Crippen LogP contribution in [0.1, 0.15) is 33.6 Å². The number of hydrogen-bond donors (Lipinski definition) is 1. The Bertz CT molecular complexity index is 303. The van der Waals surface area contributed by atoms with Gasteiger partial charge in [0.25, 0.3) is 0 Å². The molecule has 1 aliphatic heterocycles. The van der Waals surface area contributed by atoms with E-state index in [0.717, 1.165) is 5.75 Å². The first-order valence-corrected chi connectivity index (χ1v) is 7.53. The lowest BCUT2D eigenvalue weighted by atomic mass is 9.87. The van der Waals surface area contributed by atoms with Gasteiger partial charge in [-0.25, -0.2) is 0 Å². The predicted molar refractivity (Wildman–Crippen MR) is 71.0 cm³/mol. The van der Waals surface area contributed by atoms with Gasteiger partial charge < -0.3 is 10.2 Å². The van der Waals surface area contributed by atoms with Crippen LogP contribution in [0.5, 0.6) is 0 Å². The van der Waals surface area contributed by atoms with Crippen molar-refractivity contribution in [3.63, 3.8) is 0 Å². The van der Waals surface area contributed by atoms with Crippen molar-refractivity contribution in [1.29, 1.82) is 0 Å². The van der Waals surface area contributed by atoms with Crippen LogP contribution < -0.4 is 5.32 Å². The first-order valence-electron chi connectivity index (χ1n) is 6.14. The van der Waals surface area contributed by atoms with Gasteiger partial charge in [-0.3, -0.25) is 9.59 Å². The highest BCUT2D eigenvalue weighted by molar-refractivity contribution is 7.98. The zero-order valence-electron chi connectivity index (χ0n) is 11.1. The van der Waals surface area contributed by atoms with E-state index in [2.05, 4.69) is 5.32 Å². The van der Waals surface area contributed by atoms with Gasteiger partial charge in [0.1, 0.15) is 11.6 Å². The SMILES string of the molecule is CCC1(CC)NC(=O)C(C)N(CCSC)C1=O. The lowest BCUT2D eigenvalue weighted by Crippen LogP contribution is -2.69. The Morgan fingerprint density at radius 3 is 2.41 bits per heavy atom. The molecular formula is C12H22N2O2S.